The molecule has 2 aromatic heterocycles. The normalized spacial score (nSPS) is 14.5. The highest BCUT2D eigenvalue weighted by Crippen LogP contribution is 2.20. The summed E-state index contributed by atoms with van der Waals surface area (Å²) in [4.78, 5) is 26.8. The van der Waals surface area contributed by atoms with Crippen LogP contribution in [0.5, 0.6) is 0 Å². The summed E-state index contributed by atoms with van der Waals surface area (Å²) in [5, 5.41) is 0. The van der Waals surface area contributed by atoms with E-state index in [1.54, 1.807) is 0 Å². The van der Waals surface area contributed by atoms with Gasteiger partial charge in [0.05, 0.1) is 17.0 Å². The van der Waals surface area contributed by atoms with Gasteiger partial charge in [0.1, 0.15) is 11.6 Å². The van der Waals surface area contributed by atoms with Crippen molar-refractivity contribution in [3.8, 4) is 11.4 Å². The Hall–Kier alpha value is -2.73. The van der Waals surface area contributed by atoms with Gasteiger partial charge in [0, 0.05) is 38.5 Å². The smallest absolute Gasteiger partial charge is 0.255 e. The number of fused-ring (bicyclic) bond motifs is 1. The second kappa shape index (κ2) is 6.29. The lowest BCUT2D eigenvalue weighted by Crippen LogP contribution is -2.35. The molecule has 0 radical (unpaired) electrons. The molecule has 3 aromatic rings. The van der Waals surface area contributed by atoms with Gasteiger partial charge in [0.25, 0.3) is 5.56 Å². The highest BCUT2D eigenvalue weighted by atomic mass is 16.4. The molecule has 0 fully saturated rings. The van der Waals surface area contributed by atoms with Crippen LogP contribution in [0.25, 0.3) is 11.4 Å². The van der Waals surface area contributed by atoms with Gasteiger partial charge in [-0.15, -0.1) is 0 Å². The molecular formula is C19H20N4O2. The molecule has 0 bridgehead atoms. The highest BCUT2D eigenvalue weighted by Gasteiger charge is 2.23. The number of hydrogen-bond acceptors (Lipinski definition) is 5. The Morgan fingerprint density at radius 2 is 2.00 bits per heavy atom. The summed E-state index contributed by atoms with van der Waals surface area (Å²) in [6, 6.07) is 9.74. The van der Waals surface area contributed by atoms with Crippen molar-refractivity contribution >= 4 is 0 Å². The summed E-state index contributed by atoms with van der Waals surface area (Å²) in [5.41, 5.74) is 3.46. The quantitative estimate of drug-likeness (QED) is 0.796. The molecule has 25 heavy (non-hydrogen) atoms. The van der Waals surface area contributed by atoms with Crippen LogP contribution < -0.4 is 5.56 Å². The number of aryl methyl sites for hydroxylation is 2. The van der Waals surface area contributed by atoms with Crippen molar-refractivity contribution in [2.24, 2.45) is 0 Å². The van der Waals surface area contributed by atoms with Crippen molar-refractivity contribution in [3.05, 3.63) is 69.3 Å². The Morgan fingerprint density at radius 3 is 2.72 bits per heavy atom. The van der Waals surface area contributed by atoms with Gasteiger partial charge in [-0.05, 0) is 6.92 Å². The number of nitrogens with zero attached hydrogens (tertiary/aromatic N) is 3. The Kier molecular flexibility index (Phi) is 3.97. The Morgan fingerprint density at radius 1 is 1.20 bits per heavy atom. The number of rotatable bonds is 3. The molecule has 6 heteroatoms. The summed E-state index contributed by atoms with van der Waals surface area (Å²) in [6.45, 7) is 5.89. The molecule has 0 atom stereocenters. The summed E-state index contributed by atoms with van der Waals surface area (Å²) in [6.07, 6.45) is 0.759. The lowest BCUT2D eigenvalue weighted by Gasteiger charge is -2.27. The number of aromatic amines is 1. The van der Waals surface area contributed by atoms with E-state index in [1.165, 1.54) is 0 Å². The van der Waals surface area contributed by atoms with E-state index >= 15 is 0 Å². The minimum Gasteiger partial charge on any atom is -0.446 e. The first-order chi connectivity index (χ1) is 12.1. The number of aromatic nitrogens is 3. The van der Waals surface area contributed by atoms with Gasteiger partial charge in [0.15, 0.2) is 5.89 Å². The minimum absolute atomic E-state index is 0.0541. The van der Waals surface area contributed by atoms with Crippen molar-refractivity contribution < 1.29 is 4.42 Å². The summed E-state index contributed by atoms with van der Waals surface area (Å²) in [5.74, 6) is 2.16. The molecule has 0 spiro atoms. The molecule has 1 aromatic carbocycles. The Balaban J connectivity index is 1.59. The van der Waals surface area contributed by atoms with Crippen molar-refractivity contribution in [1.82, 2.24) is 19.9 Å². The van der Waals surface area contributed by atoms with Gasteiger partial charge in [-0.25, -0.2) is 9.97 Å². The van der Waals surface area contributed by atoms with Crippen LogP contribution >= 0.6 is 0 Å². The van der Waals surface area contributed by atoms with Crippen LogP contribution in [0.2, 0.25) is 0 Å². The Bertz CT molecular complexity index is 959. The number of nitrogens with one attached hydrogen (secondary N) is 1. The summed E-state index contributed by atoms with van der Waals surface area (Å²) >= 11 is 0. The van der Waals surface area contributed by atoms with E-state index in [0.717, 1.165) is 41.2 Å². The lowest BCUT2D eigenvalue weighted by atomic mass is 10.1. The largest absolute Gasteiger partial charge is 0.446 e. The maximum atomic E-state index is 12.6. The zero-order valence-corrected chi connectivity index (χ0v) is 14.4. The maximum Gasteiger partial charge on any atom is 0.255 e. The van der Waals surface area contributed by atoms with Gasteiger partial charge in [-0.2, -0.15) is 0 Å². The highest BCUT2D eigenvalue weighted by molar-refractivity contribution is 5.54. The van der Waals surface area contributed by atoms with E-state index in [0.29, 0.717) is 24.8 Å². The van der Waals surface area contributed by atoms with Crippen LogP contribution in [0.15, 0.2) is 39.5 Å². The first-order valence-corrected chi connectivity index (χ1v) is 8.43. The fraction of sp³-hybridized carbons (Fsp3) is 0.316. The van der Waals surface area contributed by atoms with Gasteiger partial charge >= 0.3 is 0 Å². The SMILES string of the molecule is Cc1nc(CN2CCc3nc(-c4ccccc4)[nH]c(=O)c3C2)c(C)o1. The van der Waals surface area contributed by atoms with Crippen LogP contribution in [0.4, 0.5) is 0 Å². The topological polar surface area (TPSA) is 75.0 Å². The van der Waals surface area contributed by atoms with Gasteiger partial charge in [-0.1, -0.05) is 30.3 Å². The molecule has 128 valence electrons. The van der Waals surface area contributed by atoms with E-state index in [4.69, 9.17) is 9.40 Å². The molecule has 0 aliphatic carbocycles. The van der Waals surface area contributed by atoms with E-state index in [1.807, 2.05) is 44.2 Å². The van der Waals surface area contributed by atoms with Crippen molar-refractivity contribution in [2.45, 2.75) is 33.4 Å². The number of H-pyrrole nitrogens is 1. The van der Waals surface area contributed by atoms with E-state index < -0.39 is 0 Å². The number of benzene rings is 1. The third kappa shape index (κ3) is 3.13. The van der Waals surface area contributed by atoms with Gasteiger partial charge in [-0.3, -0.25) is 9.69 Å². The fourth-order valence-corrected chi connectivity index (χ4v) is 3.28. The predicted octanol–water partition coefficient (Wildman–Crippen LogP) is 2.60. The van der Waals surface area contributed by atoms with Gasteiger partial charge < -0.3 is 9.40 Å². The molecule has 6 nitrogen and oxygen atoms in total. The summed E-state index contributed by atoms with van der Waals surface area (Å²) in [7, 11) is 0. The summed E-state index contributed by atoms with van der Waals surface area (Å²) < 4.78 is 5.50. The second-order valence-corrected chi connectivity index (χ2v) is 6.40. The van der Waals surface area contributed by atoms with E-state index in [-0.39, 0.29) is 5.56 Å². The monoisotopic (exact) mass is 336 g/mol. The molecule has 0 amide bonds. The Labute approximate surface area is 145 Å². The molecule has 1 aliphatic rings. The van der Waals surface area contributed by atoms with Crippen molar-refractivity contribution in [3.63, 3.8) is 0 Å². The van der Waals surface area contributed by atoms with E-state index in [2.05, 4.69) is 14.9 Å². The van der Waals surface area contributed by atoms with Crippen molar-refractivity contribution in [1.29, 1.82) is 0 Å². The van der Waals surface area contributed by atoms with Crippen LogP contribution in [-0.2, 0) is 19.5 Å². The molecule has 0 saturated carbocycles. The van der Waals surface area contributed by atoms with Crippen LogP contribution in [0.3, 0.4) is 0 Å². The lowest BCUT2D eigenvalue weighted by molar-refractivity contribution is 0.238. The molecule has 3 heterocycles. The van der Waals surface area contributed by atoms with Crippen LogP contribution in [0, 0.1) is 13.8 Å². The first kappa shape index (κ1) is 15.8. The van der Waals surface area contributed by atoms with Gasteiger partial charge in [0.2, 0.25) is 0 Å². The number of oxazole rings is 1. The molecular weight excluding hydrogens is 316 g/mol. The molecule has 0 saturated heterocycles. The maximum absolute atomic E-state index is 12.6. The molecule has 0 unspecified atom stereocenters. The third-order valence-electron chi connectivity index (χ3n) is 4.57. The standard InChI is InChI=1S/C19H20N4O2/c1-12-17(20-13(2)25-12)11-23-9-8-16-15(10-23)19(24)22-18(21-16)14-6-4-3-5-7-14/h3-7H,8-11H2,1-2H3,(H,21,22,24). The molecule has 4 rings (SSSR count). The fourth-order valence-electron chi connectivity index (χ4n) is 3.28. The zero-order chi connectivity index (χ0) is 17.4. The third-order valence-corrected chi connectivity index (χ3v) is 4.57. The van der Waals surface area contributed by atoms with Crippen LogP contribution in [-0.4, -0.2) is 26.4 Å². The second-order valence-electron chi connectivity index (χ2n) is 6.40. The van der Waals surface area contributed by atoms with E-state index in [9.17, 15) is 4.79 Å². The molecule has 1 aliphatic heterocycles. The zero-order valence-electron chi connectivity index (χ0n) is 14.4. The number of hydrogen-bond donors (Lipinski definition) is 1. The average Bonchev–Trinajstić information content (AvgIpc) is 2.93. The average molecular weight is 336 g/mol. The molecule has 1 N–H and O–H groups in total. The predicted molar refractivity (Wildman–Crippen MR) is 94.1 cm³/mol. The van der Waals surface area contributed by atoms with Crippen LogP contribution in [0.1, 0.15) is 28.6 Å². The first-order valence-electron chi connectivity index (χ1n) is 8.43. The minimum atomic E-state index is -0.0541. The van der Waals surface area contributed by atoms with Crippen molar-refractivity contribution in [2.75, 3.05) is 6.54 Å².